The van der Waals surface area contributed by atoms with Gasteiger partial charge in [-0.3, -0.25) is 0 Å². The monoisotopic (exact) mass is 226 g/mol. The van der Waals surface area contributed by atoms with Crippen molar-refractivity contribution in [1.82, 2.24) is 10.2 Å². The molecule has 0 aromatic carbocycles. The van der Waals surface area contributed by atoms with Gasteiger partial charge in [0.25, 0.3) is 0 Å². The van der Waals surface area contributed by atoms with Crippen LogP contribution in [0.5, 0.6) is 0 Å². The van der Waals surface area contributed by atoms with Crippen molar-refractivity contribution in [3.63, 3.8) is 0 Å². The first-order chi connectivity index (χ1) is 7.88. The summed E-state index contributed by atoms with van der Waals surface area (Å²) in [5, 5.41) is 3.44. The van der Waals surface area contributed by atoms with Crippen LogP contribution in [0, 0.1) is 11.8 Å². The molecule has 0 aromatic rings. The first kappa shape index (κ1) is 12.3. The largest absolute Gasteiger partial charge is 0.380 e. The molecule has 1 atom stereocenters. The van der Waals surface area contributed by atoms with Gasteiger partial charge in [-0.05, 0) is 50.7 Å². The Kier molecular flexibility index (Phi) is 5.07. The van der Waals surface area contributed by atoms with Crippen molar-refractivity contribution < 1.29 is 4.74 Å². The molecule has 1 unspecified atom stereocenters. The van der Waals surface area contributed by atoms with Gasteiger partial charge < -0.3 is 15.0 Å². The van der Waals surface area contributed by atoms with Gasteiger partial charge in [0.05, 0.1) is 6.61 Å². The highest BCUT2D eigenvalue weighted by atomic mass is 16.5. The Labute approximate surface area is 99.5 Å². The summed E-state index contributed by atoms with van der Waals surface area (Å²) in [6.07, 6.45) is 4.15. The van der Waals surface area contributed by atoms with Crippen molar-refractivity contribution in [3.05, 3.63) is 0 Å². The van der Waals surface area contributed by atoms with E-state index in [0.717, 1.165) is 38.1 Å². The maximum atomic E-state index is 5.68. The van der Waals surface area contributed by atoms with Crippen molar-refractivity contribution in [2.45, 2.75) is 26.2 Å². The van der Waals surface area contributed by atoms with Crippen molar-refractivity contribution >= 4 is 0 Å². The molecule has 0 spiro atoms. The van der Waals surface area contributed by atoms with Crippen molar-refractivity contribution in [2.24, 2.45) is 11.8 Å². The second kappa shape index (κ2) is 6.58. The molecule has 2 aliphatic rings. The number of nitrogens with one attached hydrogen (secondary N) is 1. The molecule has 1 aliphatic carbocycles. The van der Waals surface area contributed by atoms with Crippen LogP contribution in [0.3, 0.4) is 0 Å². The molecule has 3 nitrogen and oxygen atoms in total. The fourth-order valence-electron chi connectivity index (χ4n) is 2.36. The Morgan fingerprint density at radius 2 is 2.12 bits per heavy atom. The first-order valence-electron chi connectivity index (χ1n) is 6.89. The standard InChI is InChI=1S/C13H26N2O/c1-2-14-9-13-5-6-15(10-13)7-8-16-11-12-3-4-12/h12-14H,2-11H2,1H3. The van der Waals surface area contributed by atoms with E-state index in [1.54, 1.807) is 0 Å². The lowest BCUT2D eigenvalue weighted by atomic mass is 10.1. The number of nitrogens with zero attached hydrogens (tertiary/aromatic N) is 1. The van der Waals surface area contributed by atoms with Crippen LogP contribution in [-0.4, -0.2) is 50.8 Å². The maximum absolute atomic E-state index is 5.68. The second-order valence-electron chi connectivity index (χ2n) is 5.28. The van der Waals surface area contributed by atoms with Crippen molar-refractivity contribution in [3.8, 4) is 0 Å². The highest BCUT2D eigenvalue weighted by Gasteiger charge is 2.23. The van der Waals surface area contributed by atoms with Crippen LogP contribution in [0.25, 0.3) is 0 Å². The van der Waals surface area contributed by atoms with Crippen LogP contribution in [0.4, 0.5) is 0 Å². The molecular formula is C13H26N2O. The molecule has 2 rings (SSSR count). The van der Waals surface area contributed by atoms with E-state index in [0.29, 0.717) is 0 Å². The van der Waals surface area contributed by atoms with E-state index >= 15 is 0 Å². The predicted octanol–water partition coefficient (Wildman–Crippen LogP) is 1.34. The summed E-state index contributed by atoms with van der Waals surface area (Å²) in [4.78, 5) is 2.55. The van der Waals surface area contributed by atoms with Gasteiger partial charge in [-0.25, -0.2) is 0 Å². The van der Waals surface area contributed by atoms with Crippen LogP contribution < -0.4 is 5.32 Å². The average molecular weight is 226 g/mol. The summed E-state index contributed by atoms with van der Waals surface area (Å²) >= 11 is 0. The lowest BCUT2D eigenvalue weighted by Crippen LogP contribution is -2.28. The molecule has 0 radical (unpaired) electrons. The SMILES string of the molecule is CCNCC1CCN(CCOCC2CC2)C1. The lowest BCUT2D eigenvalue weighted by molar-refractivity contribution is 0.102. The highest BCUT2D eigenvalue weighted by molar-refractivity contribution is 4.77. The van der Waals surface area contributed by atoms with Crippen molar-refractivity contribution in [1.29, 1.82) is 0 Å². The van der Waals surface area contributed by atoms with E-state index in [2.05, 4.69) is 17.1 Å². The summed E-state index contributed by atoms with van der Waals surface area (Å²) in [6, 6.07) is 0. The fourth-order valence-corrected chi connectivity index (χ4v) is 2.36. The normalized spacial score (nSPS) is 26.4. The minimum Gasteiger partial charge on any atom is -0.380 e. The summed E-state index contributed by atoms with van der Waals surface area (Å²) in [6.45, 7) is 10.1. The molecule has 2 fully saturated rings. The molecule has 1 saturated carbocycles. The van der Waals surface area contributed by atoms with Gasteiger partial charge in [-0.15, -0.1) is 0 Å². The van der Waals surface area contributed by atoms with Crippen LogP contribution in [-0.2, 0) is 4.74 Å². The van der Waals surface area contributed by atoms with E-state index in [1.165, 1.54) is 38.9 Å². The van der Waals surface area contributed by atoms with E-state index in [-0.39, 0.29) is 0 Å². The van der Waals surface area contributed by atoms with E-state index in [9.17, 15) is 0 Å². The summed E-state index contributed by atoms with van der Waals surface area (Å²) < 4.78 is 5.68. The van der Waals surface area contributed by atoms with Gasteiger partial charge >= 0.3 is 0 Å². The van der Waals surface area contributed by atoms with Crippen LogP contribution in [0.2, 0.25) is 0 Å². The Morgan fingerprint density at radius 1 is 1.25 bits per heavy atom. The van der Waals surface area contributed by atoms with E-state index < -0.39 is 0 Å². The molecule has 0 amide bonds. The Balaban J connectivity index is 1.47. The lowest BCUT2D eigenvalue weighted by Gasteiger charge is -2.16. The predicted molar refractivity (Wildman–Crippen MR) is 66.6 cm³/mol. The minimum atomic E-state index is 0.864. The molecule has 16 heavy (non-hydrogen) atoms. The topological polar surface area (TPSA) is 24.5 Å². The van der Waals surface area contributed by atoms with E-state index in [4.69, 9.17) is 4.74 Å². The van der Waals surface area contributed by atoms with Crippen molar-refractivity contribution in [2.75, 3.05) is 45.9 Å². The molecule has 94 valence electrons. The molecule has 0 aromatic heterocycles. The Morgan fingerprint density at radius 3 is 2.88 bits per heavy atom. The summed E-state index contributed by atoms with van der Waals surface area (Å²) in [5.74, 6) is 1.77. The Bertz CT molecular complexity index is 194. The highest BCUT2D eigenvalue weighted by Crippen LogP contribution is 2.28. The Hall–Kier alpha value is -0.120. The summed E-state index contributed by atoms with van der Waals surface area (Å²) in [7, 11) is 0. The number of rotatable bonds is 8. The van der Waals surface area contributed by atoms with Gasteiger partial charge in [-0.1, -0.05) is 6.92 Å². The summed E-state index contributed by atoms with van der Waals surface area (Å²) in [5.41, 5.74) is 0. The number of likely N-dealkylation sites (tertiary alicyclic amines) is 1. The zero-order valence-corrected chi connectivity index (χ0v) is 10.6. The molecule has 1 N–H and O–H groups in total. The smallest absolute Gasteiger partial charge is 0.0593 e. The van der Waals surface area contributed by atoms with Crippen LogP contribution >= 0.6 is 0 Å². The molecule has 1 saturated heterocycles. The quantitative estimate of drug-likeness (QED) is 0.632. The number of hydrogen-bond donors (Lipinski definition) is 1. The molecular weight excluding hydrogens is 200 g/mol. The molecule has 1 heterocycles. The van der Waals surface area contributed by atoms with Gasteiger partial charge in [0.15, 0.2) is 0 Å². The average Bonchev–Trinajstić information content (AvgIpc) is 3.01. The van der Waals surface area contributed by atoms with Gasteiger partial charge in [-0.2, -0.15) is 0 Å². The zero-order valence-electron chi connectivity index (χ0n) is 10.6. The number of ether oxygens (including phenoxy) is 1. The molecule has 3 heteroatoms. The third kappa shape index (κ3) is 4.40. The van der Waals surface area contributed by atoms with Crippen LogP contribution in [0.15, 0.2) is 0 Å². The van der Waals surface area contributed by atoms with Gasteiger partial charge in [0.1, 0.15) is 0 Å². The minimum absolute atomic E-state index is 0.864. The zero-order chi connectivity index (χ0) is 11.2. The maximum Gasteiger partial charge on any atom is 0.0593 e. The third-order valence-electron chi connectivity index (χ3n) is 3.66. The molecule has 1 aliphatic heterocycles. The second-order valence-corrected chi connectivity index (χ2v) is 5.28. The number of hydrogen-bond acceptors (Lipinski definition) is 3. The van der Waals surface area contributed by atoms with Crippen LogP contribution in [0.1, 0.15) is 26.2 Å². The first-order valence-corrected chi connectivity index (χ1v) is 6.89. The van der Waals surface area contributed by atoms with Gasteiger partial charge in [0, 0.05) is 19.7 Å². The van der Waals surface area contributed by atoms with E-state index in [1.807, 2.05) is 0 Å². The third-order valence-corrected chi connectivity index (χ3v) is 3.66. The van der Waals surface area contributed by atoms with Gasteiger partial charge in [0.2, 0.25) is 0 Å². The molecule has 0 bridgehead atoms. The fraction of sp³-hybridized carbons (Fsp3) is 1.00.